The van der Waals surface area contributed by atoms with Crippen LogP contribution in [0.25, 0.3) is 10.8 Å². The average Bonchev–Trinajstić information content (AvgIpc) is 3.34. The fourth-order valence-corrected chi connectivity index (χ4v) is 5.73. The molecular formula is C18H18BrN3O4S. The number of pyridine rings is 1. The molecule has 0 saturated carbocycles. The van der Waals surface area contributed by atoms with E-state index in [1.54, 1.807) is 24.5 Å². The van der Waals surface area contributed by atoms with Crippen LogP contribution in [-0.2, 0) is 16.6 Å². The highest BCUT2D eigenvalue weighted by atomic mass is 79.9. The van der Waals surface area contributed by atoms with E-state index < -0.39 is 10.0 Å². The third-order valence-electron chi connectivity index (χ3n) is 4.72. The smallest absolute Gasteiger partial charge is 0.243 e. The van der Waals surface area contributed by atoms with Crippen LogP contribution in [0.1, 0.15) is 12.2 Å². The van der Waals surface area contributed by atoms with Crippen molar-refractivity contribution in [1.29, 1.82) is 0 Å². The summed E-state index contributed by atoms with van der Waals surface area (Å²) in [6.45, 7) is 1.38. The summed E-state index contributed by atoms with van der Waals surface area (Å²) in [5.74, 6) is 0.627. The van der Waals surface area contributed by atoms with Crippen LogP contribution in [0.5, 0.6) is 5.88 Å². The minimum atomic E-state index is -3.71. The molecule has 0 bridgehead atoms. The van der Waals surface area contributed by atoms with Crippen molar-refractivity contribution < 1.29 is 17.9 Å². The highest BCUT2D eigenvalue weighted by molar-refractivity contribution is 9.10. The lowest BCUT2D eigenvalue weighted by molar-refractivity contribution is 0.433. The van der Waals surface area contributed by atoms with Crippen molar-refractivity contribution in [3.63, 3.8) is 0 Å². The summed E-state index contributed by atoms with van der Waals surface area (Å²) in [7, 11) is -3.71. The molecule has 1 atom stereocenters. The van der Waals surface area contributed by atoms with Crippen LogP contribution in [0.3, 0.4) is 0 Å². The number of halogens is 1. The number of fused-ring (bicyclic) bond motifs is 1. The van der Waals surface area contributed by atoms with Crippen molar-refractivity contribution in [2.24, 2.45) is 0 Å². The second-order valence-electron chi connectivity index (χ2n) is 6.42. The van der Waals surface area contributed by atoms with E-state index in [0.717, 1.165) is 12.2 Å². The molecule has 0 radical (unpaired) electrons. The predicted octanol–water partition coefficient (Wildman–Crippen LogP) is 2.85. The average molecular weight is 452 g/mol. The number of sulfonamides is 1. The Balaban J connectivity index is 1.59. The van der Waals surface area contributed by atoms with E-state index in [2.05, 4.69) is 26.2 Å². The van der Waals surface area contributed by atoms with Gasteiger partial charge in [-0.1, -0.05) is 6.07 Å². The first-order valence-electron chi connectivity index (χ1n) is 8.49. The van der Waals surface area contributed by atoms with Crippen molar-refractivity contribution in [2.45, 2.75) is 23.9 Å². The SMILES string of the molecule is O=S(=O)(c1cccc2c(O)ncc(Br)c12)N1CC[C@H](NCc2ccco2)C1. The summed E-state index contributed by atoms with van der Waals surface area (Å²) in [4.78, 5) is 4.03. The van der Waals surface area contributed by atoms with Crippen LogP contribution < -0.4 is 5.32 Å². The summed E-state index contributed by atoms with van der Waals surface area (Å²) < 4.78 is 33.8. The Morgan fingerprint density at radius 1 is 1.33 bits per heavy atom. The molecule has 142 valence electrons. The van der Waals surface area contributed by atoms with Crippen molar-refractivity contribution in [3.8, 4) is 5.88 Å². The van der Waals surface area contributed by atoms with Gasteiger partial charge in [0.1, 0.15) is 5.76 Å². The van der Waals surface area contributed by atoms with Crippen molar-refractivity contribution in [1.82, 2.24) is 14.6 Å². The molecule has 1 aliphatic rings. The van der Waals surface area contributed by atoms with Gasteiger partial charge in [-0.25, -0.2) is 13.4 Å². The summed E-state index contributed by atoms with van der Waals surface area (Å²) in [6.07, 6.45) is 3.75. The Morgan fingerprint density at radius 2 is 2.19 bits per heavy atom. The number of nitrogens with one attached hydrogen (secondary N) is 1. The van der Waals surface area contributed by atoms with Gasteiger partial charge in [0.25, 0.3) is 0 Å². The molecule has 0 unspecified atom stereocenters. The van der Waals surface area contributed by atoms with Crippen LogP contribution in [0.4, 0.5) is 0 Å². The first-order chi connectivity index (χ1) is 13.0. The van der Waals surface area contributed by atoms with Crippen molar-refractivity contribution >= 4 is 36.7 Å². The van der Waals surface area contributed by atoms with Gasteiger partial charge in [-0.05, 0) is 46.6 Å². The van der Waals surface area contributed by atoms with Crippen molar-refractivity contribution in [3.05, 3.63) is 53.0 Å². The van der Waals surface area contributed by atoms with E-state index >= 15 is 0 Å². The topological polar surface area (TPSA) is 95.7 Å². The third-order valence-corrected chi connectivity index (χ3v) is 7.23. The zero-order valence-corrected chi connectivity index (χ0v) is 16.7. The predicted molar refractivity (Wildman–Crippen MR) is 104 cm³/mol. The lowest BCUT2D eigenvalue weighted by Crippen LogP contribution is -2.35. The lowest BCUT2D eigenvalue weighted by atomic mass is 10.2. The van der Waals surface area contributed by atoms with Gasteiger partial charge in [0, 0.05) is 40.6 Å². The molecule has 9 heteroatoms. The maximum absolute atomic E-state index is 13.2. The molecule has 27 heavy (non-hydrogen) atoms. The van der Waals surface area contributed by atoms with Gasteiger partial charge in [-0.3, -0.25) is 0 Å². The normalized spacial score (nSPS) is 18.3. The van der Waals surface area contributed by atoms with E-state index in [1.165, 1.54) is 10.5 Å². The van der Waals surface area contributed by atoms with Crippen LogP contribution in [0.15, 0.2) is 56.6 Å². The highest BCUT2D eigenvalue weighted by Gasteiger charge is 2.34. The molecule has 4 rings (SSSR count). The maximum atomic E-state index is 13.2. The Bertz CT molecular complexity index is 1070. The molecule has 0 aliphatic carbocycles. The van der Waals surface area contributed by atoms with Gasteiger partial charge in [0.2, 0.25) is 15.9 Å². The zero-order chi connectivity index (χ0) is 19.0. The monoisotopic (exact) mass is 451 g/mol. The molecule has 3 aromatic rings. The fourth-order valence-electron chi connectivity index (χ4n) is 3.34. The van der Waals surface area contributed by atoms with Crippen LogP contribution in [-0.4, -0.2) is 41.9 Å². The number of aromatic nitrogens is 1. The largest absolute Gasteiger partial charge is 0.493 e. The highest BCUT2D eigenvalue weighted by Crippen LogP contribution is 2.35. The molecule has 1 aromatic carbocycles. The van der Waals surface area contributed by atoms with E-state index in [-0.39, 0.29) is 16.8 Å². The standard InChI is InChI=1S/C18H18BrN3O4S/c19-15-10-21-18(23)14-4-1-5-16(17(14)15)27(24,25)22-7-6-12(11-22)20-9-13-3-2-8-26-13/h1-5,8,10,12,20H,6-7,9,11H2,(H,21,23)/t12-/m0/s1. The Labute approximate surface area is 165 Å². The van der Waals surface area contributed by atoms with E-state index in [4.69, 9.17) is 4.42 Å². The molecule has 2 N–H and O–H groups in total. The number of hydrogen-bond acceptors (Lipinski definition) is 6. The van der Waals surface area contributed by atoms with Gasteiger partial charge in [-0.15, -0.1) is 0 Å². The molecule has 7 nitrogen and oxygen atoms in total. The van der Waals surface area contributed by atoms with Crippen LogP contribution in [0.2, 0.25) is 0 Å². The Hall–Kier alpha value is -1.94. The van der Waals surface area contributed by atoms with E-state index in [0.29, 0.717) is 34.9 Å². The quantitative estimate of drug-likeness (QED) is 0.618. The number of aromatic hydroxyl groups is 1. The fraction of sp³-hybridized carbons (Fsp3) is 0.278. The number of hydrogen-bond donors (Lipinski definition) is 2. The summed E-state index contributed by atoms with van der Waals surface area (Å²) in [5.41, 5.74) is 0. The minimum Gasteiger partial charge on any atom is -0.493 e. The van der Waals surface area contributed by atoms with Gasteiger partial charge in [-0.2, -0.15) is 4.31 Å². The summed E-state index contributed by atoms with van der Waals surface area (Å²) in [5, 5.41) is 14.2. The van der Waals surface area contributed by atoms with Gasteiger partial charge in [0.05, 0.1) is 17.7 Å². The molecule has 1 aliphatic heterocycles. The van der Waals surface area contributed by atoms with Crippen molar-refractivity contribution in [2.75, 3.05) is 13.1 Å². The van der Waals surface area contributed by atoms with Crippen LogP contribution >= 0.6 is 15.9 Å². The van der Waals surface area contributed by atoms with Gasteiger partial charge >= 0.3 is 0 Å². The molecule has 2 aromatic heterocycles. The lowest BCUT2D eigenvalue weighted by Gasteiger charge is -2.19. The van der Waals surface area contributed by atoms with E-state index in [1.807, 2.05) is 12.1 Å². The Kier molecular flexibility index (Phi) is 4.94. The molecule has 1 saturated heterocycles. The number of benzene rings is 1. The van der Waals surface area contributed by atoms with Gasteiger partial charge < -0.3 is 14.8 Å². The number of nitrogens with zero attached hydrogens (tertiary/aromatic N) is 2. The molecule has 1 fully saturated rings. The second kappa shape index (κ2) is 7.23. The minimum absolute atomic E-state index is 0.0540. The molecule has 3 heterocycles. The molecule has 0 spiro atoms. The maximum Gasteiger partial charge on any atom is 0.243 e. The second-order valence-corrected chi connectivity index (χ2v) is 9.18. The number of furan rings is 1. The van der Waals surface area contributed by atoms with E-state index in [9.17, 15) is 13.5 Å². The first kappa shape index (κ1) is 18.4. The Morgan fingerprint density at radius 3 is 2.96 bits per heavy atom. The third kappa shape index (κ3) is 3.47. The first-order valence-corrected chi connectivity index (χ1v) is 10.7. The van der Waals surface area contributed by atoms with Gasteiger partial charge in [0.15, 0.2) is 0 Å². The zero-order valence-electron chi connectivity index (χ0n) is 14.3. The van der Waals surface area contributed by atoms with Crippen LogP contribution in [0, 0.1) is 0 Å². The summed E-state index contributed by atoms with van der Waals surface area (Å²) >= 11 is 3.36. The molecule has 0 amide bonds. The summed E-state index contributed by atoms with van der Waals surface area (Å²) in [6, 6.07) is 8.59. The molecular weight excluding hydrogens is 434 g/mol. The number of rotatable bonds is 5.